The molecule has 1 saturated carbocycles. The van der Waals surface area contributed by atoms with E-state index >= 15 is 0 Å². The molecule has 0 aliphatic heterocycles. The van der Waals surface area contributed by atoms with Crippen molar-refractivity contribution in [3.8, 4) is 17.4 Å². The number of rotatable bonds is 14. The molecule has 0 spiro atoms. The van der Waals surface area contributed by atoms with Gasteiger partial charge in [0.1, 0.15) is 0 Å². The van der Waals surface area contributed by atoms with Crippen molar-refractivity contribution in [3.05, 3.63) is 54.3 Å². The standard InChI is InChI=1S/C26H31FN4O4/c1-3-33-26-28-17-22(34-26)20-8-7-9-21(16-20)31(25(32)18(2)13-14-27)15-6-4-5-10-23-29-24(30-35-23)19-11-12-19/h7-9,16-17,19H,2-6,10-15H2,1H3. The van der Waals surface area contributed by atoms with Crippen molar-refractivity contribution in [2.45, 2.75) is 57.8 Å². The first-order valence-corrected chi connectivity index (χ1v) is 12.2. The number of unbranched alkanes of at least 4 members (excludes halogenated alkanes) is 2. The molecule has 1 aliphatic carbocycles. The normalized spacial score (nSPS) is 13.1. The zero-order chi connectivity index (χ0) is 24.6. The highest BCUT2D eigenvalue weighted by Crippen LogP contribution is 2.38. The van der Waals surface area contributed by atoms with Gasteiger partial charge in [-0.25, -0.2) is 0 Å². The van der Waals surface area contributed by atoms with Crippen LogP contribution < -0.4 is 9.64 Å². The number of carbonyl (C=O) groups excluding carboxylic acids is 1. The summed E-state index contributed by atoms with van der Waals surface area (Å²) in [7, 11) is 0. The number of anilines is 1. The summed E-state index contributed by atoms with van der Waals surface area (Å²) in [5.41, 5.74) is 1.69. The van der Waals surface area contributed by atoms with E-state index in [4.69, 9.17) is 13.7 Å². The first-order chi connectivity index (χ1) is 17.1. The summed E-state index contributed by atoms with van der Waals surface area (Å²) in [6.07, 6.45) is 7.30. The van der Waals surface area contributed by atoms with Crippen LogP contribution in [0.25, 0.3) is 11.3 Å². The highest BCUT2D eigenvalue weighted by Gasteiger charge is 2.28. The lowest BCUT2D eigenvalue weighted by Crippen LogP contribution is -2.33. The fourth-order valence-electron chi connectivity index (χ4n) is 3.77. The van der Waals surface area contributed by atoms with Crippen LogP contribution >= 0.6 is 0 Å². The summed E-state index contributed by atoms with van der Waals surface area (Å²) in [6.45, 7) is 5.96. The molecule has 0 N–H and O–H groups in total. The molecule has 0 unspecified atom stereocenters. The number of hydrogen-bond acceptors (Lipinski definition) is 7. The molecule has 1 amide bonds. The van der Waals surface area contributed by atoms with E-state index < -0.39 is 6.67 Å². The molecule has 8 nitrogen and oxygen atoms in total. The fourth-order valence-corrected chi connectivity index (χ4v) is 3.77. The Bertz CT molecular complexity index is 1140. The third-order valence-electron chi connectivity index (χ3n) is 5.84. The average molecular weight is 483 g/mol. The topological polar surface area (TPSA) is 94.5 Å². The van der Waals surface area contributed by atoms with E-state index in [-0.39, 0.29) is 24.0 Å². The third-order valence-corrected chi connectivity index (χ3v) is 5.84. The first-order valence-electron chi connectivity index (χ1n) is 12.2. The molecule has 1 fully saturated rings. The maximum atomic E-state index is 13.1. The molecule has 0 atom stereocenters. The van der Waals surface area contributed by atoms with Gasteiger partial charge in [0.2, 0.25) is 5.89 Å². The quantitative estimate of drug-likeness (QED) is 0.216. The molecular formula is C26H31FN4O4. The number of hydrogen-bond donors (Lipinski definition) is 0. The van der Waals surface area contributed by atoms with Crippen LogP contribution in [-0.2, 0) is 11.2 Å². The zero-order valence-electron chi connectivity index (χ0n) is 20.0. The number of halogens is 1. The maximum absolute atomic E-state index is 13.1. The number of nitrogens with zero attached hydrogens (tertiary/aromatic N) is 4. The predicted molar refractivity (Wildman–Crippen MR) is 129 cm³/mol. The Morgan fingerprint density at radius 2 is 2.14 bits per heavy atom. The van der Waals surface area contributed by atoms with Crippen molar-refractivity contribution in [3.63, 3.8) is 0 Å². The molecular weight excluding hydrogens is 451 g/mol. The molecule has 186 valence electrons. The Morgan fingerprint density at radius 3 is 2.91 bits per heavy atom. The molecule has 2 aromatic heterocycles. The van der Waals surface area contributed by atoms with E-state index in [1.54, 1.807) is 11.1 Å². The number of oxazole rings is 1. The monoisotopic (exact) mass is 482 g/mol. The van der Waals surface area contributed by atoms with Crippen LogP contribution in [-0.4, -0.2) is 40.9 Å². The summed E-state index contributed by atoms with van der Waals surface area (Å²) in [5, 5.41) is 4.05. The number of aryl methyl sites for hydroxylation is 1. The second-order valence-corrected chi connectivity index (χ2v) is 8.60. The lowest BCUT2D eigenvalue weighted by molar-refractivity contribution is -0.115. The van der Waals surface area contributed by atoms with Gasteiger partial charge < -0.3 is 18.6 Å². The van der Waals surface area contributed by atoms with Gasteiger partial charge in [-0.15, -0.1) is 0 Å². The first kappa shape index (κ1) is 24.6. The average Bonchev–Trinajstić information content (AvgIpc) is 3.42. The Hall–Kier alpha value is -3.49. The molecule has 2 heterocycles. The second kappa shape index (κ2) is 11.8. The summed E-state index contributed by atoms with van der Waals surface area (Å²) in [6, 6.07) is 7.42. The van der Waals surface area contributed by atoms with Gasteiger partial charge in [-0.05, 0) is 44.7 Å². The highest BCUT2D eigenvalue weighted by molar-refractivity contribution is 6.05. The van der Waals surface area contributed by atoms with Gasteiger partial charge in [-0.3, -0.25) is 9.18 Å². The Balaban J connectivity index is 1.39. The maximum Gasteiger partial charge on any atom is 0.394 e. The van der Waals surface area contributed by atoms with Gasteiger partial charge in [0.25, 0.3) is 5.91 Å². The summed E-state index contributed by atoms with van der Waals surface area (Å²) in [5.74, 6) is 2.22. The Kier molecular flexibility index (Phi) is 8.28. The number of aromatic nitrogens is 3. The number of alkyl halides is 1. The van der Waals surface area contributed by atoms with Crippen LogP contribution in [0.5, 0.6) is 6.08 Å². The van der Waals surface area contributed by atoms with Crippen LogP contribution in [0, 0.1) is 0 Å². The van der Waals surface area contributed by atoms with E-state index in [9.17, 15) is 9.18 Å². The molecule has 0 saturated heterocycles. The van der Waals surface area contributed by atoms with Crippen LogP contribution in [0.1, 0.15) is 63.1 Å². The van der Waals surface area contributed by atoms with Crippen LogP contribution in [0.15, 0.2) is 51.6 Å². The van der Waals surface area contributed by atoms with E-state index in [1.807, 2.05) is 31.2 Å². The number of amides is 1. The SMILES string of the molecule is C=C(CCF)C(=O)N(CCCCCc1nc(C2CC2)no1)c1cccc(-c2cnc(OCC)o2)c1. The van der Waals surface area contributed by atoms with Crippen LogP contribution in [0.2, 0.25) is 0 Å². The fraction of sp³-hybridized carbons (Fsp3) is 0.462. The van der Waals surface area contributed by atoms with Crippen molar-refractivity contribution < 1.29 is 22.9 Å². The third kappa shape index (κ3) is 6.55. The van der Waals surface area contributed by atoms with E-state index in [1.165, 1.54) is 0 Å². The number of benzene rings is 1. The molecule has 3 aromatic rings. The summed E-state index contributed by atoms with van der Waals surface area (Å²) in [4.78, 5) is 23.3. The zero-order valence-corrected chi connectivity index (χ0v) is 20.0. The molecule has 35 heavy (non-hydrogen) atoms. The van der Waals surface area contributed by atoms with E-state index in [0.29, 0.717) is 42.8 Å². The van der Waals surface area contributed by atoms with E-state index in [2.05, 4.69) is 21.7 Å². The molecule has 0 radical (unpaired) electrons. The van der Waals surface area contributed by atoms with Gasteiger partial charge in [0, 0.05) is 42.1 Å². The van der Waals surface area contributed by atoms with Crippen LogP contribution in [0.4, 0.5) is 10.1 Å². The van der Waals surface area contributed by atoms with Gasteiger partial charge in [0.05, 0.1) is 19.5 Å². The van der Waals surface area contributed by atoms with Gasteiger partial charge in [-0.1, -0.05) is 30.3 Å². The Labute approximate surface area is 204 Å². The smallest absolute Gasteiger partial charge is 0.394 e. The Morgan fingerprint density at radius 1 is 1.29 bits per heavy atom. The largest absolute Gasteiger partial charge is 0.450 e. The lowest BCUT2D eigenvalue weighted by Gasteiger charge is -2.24. The van der Waals surface area contributed by atoms with Crippen molar-refractivity contribution in [1.82, 2.24) is 15.1 Å². The van der Waals surface area contributed by atoms with Gasteiger partial charge in [-0.2, -0.15) is 9.97 Å². The minimum atomic E-state index is -0.621. The minimum Gasteiger partial charge on any atom is -0.450 e. The second-order valence-electron chi connectivity index (χ2n) is 8.60. The molecule has 4 rings (SSSR count). The van der Waals surface area contributed by atoms with E-state index in [0.717, 1.165) is 43.5 Å². The van der Waals surface area contributed by atoms with Gasteiger partial charge >= 0.3 is 6.08 Å². The number of ether oxygens (including phenoxy) is 1. The number of carbonyl (C=O) groups is 1. The van der Waals surface area contributed by atoms with Crippen molar-refractivity contribution in [2.75, 3.05) is 24.7 Å². The molecule has 9 heteroatoms. The lowest BCUT2D eigenvalue weighted by atomic mass is 10.1. The van der Waals surface area contributed by atoms with Gasteiger partial charge in [0.15, 0.2) is 11.6 Å². The molecule has 1 aromatic carbocycles. The predicted octanol–water partition coefficient (Wildman–Crippen LogP) is 5.66. The van der Waals surface area contributed by atoms with Crippen molar-refractivity contribution >= 4 is 11.6 Å². The summed E-state index contributed by atoms with van der Waals surface area (Å²) >= 11 is 0. The van der Waals surface area contributed by atoms with Crippen LogP contribution in [0.3, 0.4) is 0 Å². The summed E-state index contributed by atoms with van der Waals surface area (Å²) < 4.78 is 29.2. The van der Waals surface area contributed by atoms with Crippen molar-refractivity contribution in [2.24, 2.45) is 0 Å². The van der Waals surface area contributed by atoms with Crippen molar-refractivity contribution in [1.29, 1.82) is 0 Å². The molecule has 0 bridgehead atoms. The molecule has 1 aliphatic rings. The minimum absolute atomic E-state index is 0.00926. The highest BCUT2D eigenvalue weighted by atomic mass is 19.1.